The van der Waals surface area contributed by atoms with E-state index in [0.29, 0.717) is 22.8 Å². The van der Waals surface area contributed by atoms with Gasteiger partial charge in [-0.05, 0) is 133 Å². The third-order valence-corrected chi connectivity index (χ3v) is 15.6. The predicted molar refractivity (Wildman–Crippen MR) is 228 cm³/mol. The number of hydrogen-bond acceptors (Lipinski definition) is 1. The average Bonchev–Trinajstić information content (AvgIpc) is 3.00. The van der Waals surface area contributed by atoms with E-state index < -0.39 is 0 Å². The van der Waals surface area contributed by atoms with Gasteiger partial charge in [-0.1, -0.05) is 175 Å². The van der Waals surface area contributed by atoms with Crippen LogP contribution in [0, 0.1) is 49.2 Å². The van der Waals surface area contributed by atoms with Crippen molar-refractivity contribution in [2.24, 2.45) is 49.2 Å². The Bertz CT molecular complexity index is 1100. The standard InChI is InChI=1S/C49H93N/c1-21-27-41(50(20)37-36-42(5,6)7)43(8,9)32-33-45(12,13)48(18,31-26-30-40-28-24-23-25-29-40)46(14,15)34-35-47(16,17)49(19,38-39(3)4)44(10,11)22-2/h23-25,28-29,39,41H,21-22,26-27,30-38H2,1-20H3. The molecular weight excluding hydrogens is 603 g/mol. The highest BCUT2D eigenvalue weighted by atomic mass is 15.1. The Kier molecular flexibility index (Phi) is 17.0. The fourth-order valence-electron chi connectivity index (χ4n) is 9.96. The Hall–Kier alpha value is -0.820. The van der Waals surface area contributed by atoms with E-state index in [2.05, 4.69) is 174 Å². The quantitative estimate of drug-likeness (QED) is 0.110. The van der Waals surface area contributed by atoms with Gasteiger partial charge in [-0.3, -0.25) is 0 Å². The Morgan fingerprint density at radius 3 is 1.50 bits per heavy atom. The van der Waals surface area contributed by atoms with Crippen molar-refractivity contribution in [3.63, 3.8) is 0 Å². The molecular formula is C49H93N. The summed E-state index contributed by atoms with van der Waals surface area (Å²) in [7, 11) is 2.41. The Balaban J connectivity index is 3.49. The van der Waals surface area contributed by atoms with Crippen LogP contribution >= 0.6 is 0 Å². The second-order valence-corrected chi connectivity index (χ2v) is 22.6. The first kappa shape index (κ1) is 47.2. The molecule has 1 aromatic rings. The van der Waals surface area contributed by atoms with Gasteiger partial charge in [-0.15, -0.1) is 0 Å². The number of hydrogen-bond donors (Lipinski definition) is 0. The first-order chi connectivity index (χ1) is 22.5. The minimum absolute atomic E-state index is 0.202. The smallest absolute Gasteiger partial charge is 0.0143 e. The number of nitrogens with zero attached hydrogens (tertiary/aromatic N) is 1. The first-order valence-electron chi connectivity index (χ1n) is 21.3. The molecule has 1 nitrogen and oxygen atoms in total. The van der Waals surface area contributed by atoms with Crippen LogP contribution in [-0.4, -0.2) is 24.5 Å². The second kappa shape index (κ2) is 18.0. The number of aryl methyl sites for hydroxylation is 1. The molecule has 0 saturated carbocycles. The molecule has 1 heteroatoms. The summed E-state index contributed by atoms with van der Waals surface area (Å²) in [5.41, 5.74) is 3.55. The van der Waals surface area contributed by atoms with E-state index in [1.54, 1.807) is 0 Å². The molecule has 3 unspecified atom stereocenters. The monoisotopic (exact) mass is 696 g/mol. The van der Waals surface area contributed by atoms with Gasteiger partial charge in [-0.25, -0.2) is 0 Å². The van der Waals surface area contributed by atoms with Crippen molar-refractivity contribution in [3.05, 3.63) is 35.9 Å². The van der Waals surface area contributed by atoms with Crippen molar-refractivity contribution < 1.29 is 0 Å². The maximum atomic E-state index is 2.72. The van der Waals surface area contributed by atoms with Crippen LogP contribution in [0.2, 0.25) is 0 Å². The molecule has 0 aliphatic heterocycles. The molecule has 0 radical (unpaired) electrons. The lowest BCUT2D eigenvalue weighted by Gasteiger charge is -2.59. The highest BCUT2D eigenvalue weighted by molar-refractivity contribution is 5.15. The fourth-order valence-corrected chi connectivity index (χ4v) is 9.96. The summed E-state index contributed by atoms with van der Waals surface area (Å²) in [6.07, 6.45) is 15.1. The minimum atomic E-state index is 0.202. The van der Waals surface area contributed by atoms with Crippen molar-refractivity contribution >= 4 is 0 Å². The lowest BCUT2D eigenvalue weighted by atomic mass is 9.46. The molecule has 0 amide bonds. The number of benzene rings is 1. The van der Waals surface area contributed by atoms with Gasteiger partial charge in [0.25, 0.3) is 0 Å². The van der Waals surface area contributed by atoms with Crippen LogP contribution in [0.4, 0.5) is 0 Å². The molecule has 0 N–H and O–H groups in total. The molecule has 294 valence electrons. The Morgan fingerprint density at radius 2 is 1.06 bits per heavy atom. The van der Waals surface area contributed by atoms with Gasteiger partial charge >= 0.3 is 0 Å². The van der Waals surface area contributed by atoms with Crippen LogP contribution in [0.25, 0.3) is 0 Å². The molecule has 3 atom stereocenters. The molecule has 0 bridgehead atoms. The zero-order chi connectivity index (χ0) is 39.0. The molecule has 50 heavy (non-hydrogen) atoms. The molecule has 0 spiro atoms. The Labute approximate surface area is 317 Å². The third-order valence-electron chi connectivity index (χ3n) is 15.6. The van der Waals surface area contributed by atoms with Crippen molar-refractivity contribution in [2.45, 2.75) is 215 Å². The highest BCUT2D eigenvalue weighted by Gasteiger charge is 2.54. The van der Waals surface area contributed by atoms with Gasteiger partial charge in [-0.2, -0.15) is 0 Å². The van der Waals surface area contributed by atoms with Gasteiger partial charge in [0.05, 0.1) is 0 Å². The van der Waals surface area contributed by atoms with Gasteiger partial charge in [0.15, 0.2) is 0 Å². The van der Waals surface area contributed by atoms with Crippen molar-refractivity contribution in [1.82, 2.24) is 4.90 Å². The van der Waals surface area contributed by atoms with Gasteiger partial charge in [0.1, 0.15) is 0 Å². The first-order valence-corrected chi connectivity index (χ1v) is 21.3. The maximum Gasteiger partial charge on any atom is 0.0143 e. The molecule has 0 fully saturated rings. The van der Waals surface area contributed by atoms with E-state index in [4.69, 9.17) is 0 Å². The van der Waals surface area contributed by atoms with Crippen molar-refractivity contribution in [1.29, 1.82) is 0 Å². The van der Waals surface area contributed by atoms with Crippen LogP contribution < -0.4 is 0 Å². The molecule has 0 saturated heterocycles. The van der Waals surface area contributed by atoms with Crippen LogP contribution in [0.5, 0.6) is 0 Å². The number of rotatable bonds is 23. The zero-order valence-corrected chi connectivity index (χ0v) is 38.2. The van der Waals surface area contributed by atoms with E-state index in [-0.39, 0.29) is 32.5 Å². The Morgan fingerprint density at radius 1 is 0.580 bits per heavy atom. The summed E-state index contributed by atoms with van der Waals surface area (Å²) in [5, 5.41) is 0. The van der Waals surface area contributed by atoms with E-state index >= 15 is 0 Å². The van der Waals surface area contributed by atoms with Crippen LogP contribution in [0.15, 0.2) is 30.3 Å². The topological polar surface area (TPSA) is 3.24 Å². The highest BCUT2D eigenvalue weighted by Crippen LogP contribution is 2.63. The summed E-state index contributed by atoms with van der Waals surface area (Å²) >= 11 is 0. The van der Waals surface area contributed by atoms with Crippen LogP contribution in [-0.2, 0) is 6.42 Å². The summed E-state index contributed by atoms with van der Waals surface area (Å²) in [4.78, 5) is 2.72. The maximum absolute atomic E-state index is 2.72. The molecule has 1 rings (SSSR count). The largest absolute Gasteiger partial charge is 0.303 e. The summed E-state index contributed by atoms with van der Waals surface area (Å²) in [6, 6.07) is 11.8. The normalized spacial score (nSPS) is 17.2. The van der Waals surface area contributed by atoms with E-state index in [1.165, 1.54) is 89.2 Å². The van der Waals surface area contributed by atoms with Crippen LogP contribution in [0.3, 0.4) is 0 Å². The summed E-state index contributed by atoms with van der Waals surface area (Å²) in [6.45, 7) is 49.5. The molecule has 1 aromatic carbocycles. The van der Waals surface area contributed by atoms with E-state index in [9.17, 15) is 0 Å². The van der Waals surface area contributed by atoms with E-state index in [1.807, 2.05) is 0 Å². The van der Waals surface area contributed by atoms with Crippen LogP contribution in [0.1, 0.15) is 208 Å². The van der Waals surface area contributed by atoms with Gasteiger partial charge in [0, 0.05) is 6.04 Å². The van der Waals surface area contributed by atoms with E-state index in [0.717, 1.165) is 0 Å². The van der Waals surface area contributed by atoms with Crippen molar-refractivity contribution in [3.8, 4) is 0 Å². The fraction of sp³-hybridized carbons (Fsp3) is 0.878. The van der Waals surface area contributed by atoms with Gasteiger partial charge in [0.2, 0.25) is 0 Å². The lowest BCUT2D eigenvalue weighted by molar-refractivity contribution is -0.0936. The zero-order valence-electron chi connectivity index (χ0n) is 38.2. The average molecular weight is 696 g/mol. The van der Waals surface area contributed by atoms with Gasteiger partial charge < -0.3 is 4.90 Å². The third kappa shape index (κ3) is 12.1. The predicted octanol–water partition coefficient (Wildman–Crippen LogP) is 15.7. The minimum Gasteiger partial charge on any atom is -0.303 e. The summed E-state index contributed by atoms with van der Waals surface area (Å²) in [5.74, 6) is 0.702. The lowest BCUT2D eigenvalue weighted by Crippen LogP contribution is -2.51. The summed E-state index contributed by atoms with van der Waals surface area (Å²) < 4.78 is 0. The molecule has 0 aromatic heterocycles. The molecule has 0 heterocycles. The molecule has 0 aliphatic rings. The second-order valence-electron chi connectivity index (χ2n) is 22.6. The molecule has 0 aliphatic carbocycles. The van der Waals surface area contributed by atoms with Crippen molar-refractivity contribution in [2.75, 3.05) is 13.6 Å². The SMILES string of the molecule is CCCC(N(C)CCC(C)(C)C)C(C)(C)CCC(C)(C)C(C)(CCCc1ccccc1)C(C)(C)CCC(C)(C)C(C)(CC(C)C)C(C)(C)CC.